The van der Waals surface area contributed by atoms with E-state index >= 15 is 0 Å². The Morgan fingerprint density at radius 3 is 2.83 bits per heavy atom. The van der Waals surface area contributed by atoms with Gasteiger partial charge < -0.3 is 5.11 Å². The first-order chi connectivity index (χ1) is 8.56. The summed E-state index contributed by atoms with van der Waals surface area (Å²) in [5.41, 5.74) is -0.261. The molecule has 0 radical (unpaired) electrons. The molecule has 0 amide bonds. The highest BCUT2D eigenvalue weighted by molar-refractivity contribution is 8.00. The molecule has 18 heavy (non-hydrogen) atoms. The second-order valence-electron chi connectivity index (χ2n) is 4.32. The number of nitrogens with zero attached hydrogens (tertiary/aromatic N) is 2. The number of thioether (sulfide) groups is 2. The van der Waals surface area contributed by atoms with Crippen LogP contribution in [0, 0.1) is 0 Å². The SMILES string of the molecule is CSC1(Cn2c(SCC(=O)O)n[nH]c2=O)CCC1. The molecule has 0 spiro atoms. The van der Waals surface area contributed by atoms with Crippen LogP contribution in [0.3, 0.4) is 0 Å². The summed E-state index contributed by atoms with van der Waals surface area (Å²) >= 11 is 2.85. The molecule has 1 aliphatic rings. The zero-order chi connectivity index (χ0) is 13.2. The summed E-state index contributed by atoms with van der Waals surface area (Å²) in [5, 5.41) is 15.4. The Morgan fingerprint density at radius 2 is 2.33 bits per heavy atom. The van der Waals surface area contributed by atoms with Crippen LogP contribution in [0.2, 0.25) is 0 Å². The molecule has 0 aromatic carbocycles. The fraction of sp³-hybridized carbons (Fsp3) is 0.700. The molecule has 2 rings (SSSR count). The number of nitrogens with one attached hydrogen (secondary N) is 1. The van der Waals surface area contributed by atoms with E-state index in [9.17, 15) is 9.59 Å². The minimum absolute atomic E-state index is 0.0867. The van der Waals surface area contributed by atoms with Crippen LogP contribution in [0.25, 0.3) is 0 Å². The van der Waals surface area contributed by atoms with Crippen molar-refractivity contribution in [3.8, 4) is 0 Å². The smallest absolute Gasteiger partial charge is 0.344 e. The summed E-state index contributed by atoms with van der Waals surface area (Å²) in [6.45, 7) is 0.603. The van der Waals surface area contributed by atoms with Crippen LogP contribution in [0.1, 0.15) is 19.3 Å². The van der Waals surface area contributed by atoms with Crippen LogP contribution in [-0.2, 0) is 11.3 Å². The van der Waals surface area contributed by atoms with Crippen molar-refractivity contribution in [1.82, 2.24) is 14.8 Å². The fourth-order valence-corrected chi connectivity index (χ4v) is 3.59. The van der Waals surface area contributed by atoms with Gasteiger partial charge in [0.1, 0.15) is 0 Å². The average Bonchev–Trinajstić information content (AvgIpc) is 2.62. The van der Waals surface area contributed by atoms with Crippen molar-refractivity contribution in [2.45, 2.75) is 35.7 Å². The van der Waals surface area contributed by atoms with Gasteiger partial charge in [-0.1, -0.05) is 18.2 Å². The number of hydrogen-bond acceptors (Lipinski definition) is 5. The zero-order valence-corrected chi connectivity index (χ0v) is 11.6. The molecule has 1 aliphatic carbocycles. The third kappa shape index (κ3) is 2.74. The molecule has 1 aromatic heterocycles. The molecule has 0 bridgehead atoms. The molecule has 1 heterocycles. The van der Waals surface area contributed by atoms with E-state index in [0.717, 1.165) is 24.6 Å². The molecule has 100 valence electrons. The first kappa shape index (κ1) is 13.5. The minimum atomic E-state index is -0.912. The molecule has 0 saturated heterocycles. The summed E-state index contributed by atoms with van der Waals surface area (Å²) in [5.74, 6) is -0.999. The standard InChI is InChI=1S/C10H15N3O3S2/c1-17-10(3-2-4-10)6-13-8(16)11-12-9(13)18-5-7(14)15/h2-6H2,1H3,(H,11,16)(H,14,15). The predicted octanol–water partition coefficient (Wildman–Crippen LogP) is 1.03. The van der Waals surface area contributed by atoms with E-state index < -0.39 is 5.97 Å². The van der Waals surface area contributed by atoms with Gasteiger partial charge in [0.05, 0.1) is 5.75 Å². The van der Waals surface area contributed by atoms with Crippen LogP contribution in [0.5, 0.6) is 0 Å². The topological polar surface area (TPSA) is 88.0 Å². The lowest BCUT2D eigenvalue weighted by Crippen LogP contribution is -2.40. The van der Waals surface area contributed by atoms with Gasteiger partial charge in [-0.25, -0.2) is 9.89 Å². The largest absolute Gasteiger partial charge is 0.481 e. The molecular weight excluding hydrogens is 274 g/mol. The molecule has 0 atom stereocenters. The third-order valence-electron chi connectivity index (χ3n) is 3.19. The minimum Gasteiger partial charge on any atom is -0.481 e. The zero-order valence-electron chi connectivity index (χ0n) is 10.0. The van der Waals surface area contributed by atoms with Crippen LogP contribution in [-0.4, -0.2) is 42.6 Å². The molecular formula is C10H15N3O3S2. The average molecular weight is 289 g/mol. The van der Waals surface area contributed by atoms with Crippen molar-refractivity contribution in [1.29, 1.82) is 0 Å². The normalized spacial score (nSPS) is 17.4. The quantitative estimate of drug-likeness (QED) is 0.761. The van der Waals surface area contributed by atoms with Crippen LogP contribution in [0.4, 0.5) is 0 Å². The monoisotopic (exact) mass is 289 g/mol. The van der Waals surface area contributed by atoms with E-state index in [0.29, 0.717) is 11.7 Å². The lowest BCUT2D eigenvalue weighted by atomic mass is 9.84. The maximum absolute atomic E-state index is 11.7. The summed E-state index contributed by atoms with van der Waals surface area (Å²) in [6, 6.07) is 0. The summed E-state index contributed by atoms with van der Waals surface area (Å²) in [4.78, 5) is 22.2. The molecule has 6 nitrogen and oxygen atoms in total. The first-order valence-corrected chi connectivity index (χ1v) is 7.82. The molecule has 2 N–H and O–H groups in total. The van der Waals surface area contributed by atoms with E-state index in [1.54, 1.807) is 16.3 Å². The van der Waals surface area contributed by atoms with Gasteiger partial charge >= 0.3 is 11.7 Å². The number of rotatable bonds is 6. The maximum atomic E-state index is 11.7. The Balaban J connectivity index is 2.13. The van der Waals surface area contributed by atoms with Gasteiger partial charge in [0.15, 0.2) is 5.16 Å². The number of hydrogen-bond donors (Lipinski definition) is 2. The lowest BCUT2D eigenvalue weighted by molar-refractivity contribution is -0.133. The Hall–Kier alpha value is -0.890. The molecule has 1 saturated carbocycles. The number of carbonyl (C=O) groups is 1. The molecule has 0 unspecified atom stereocenters. The van der Waals surface area contributed by atoms with Crippen molar-refractivity contribution in [2.75, 3.05) is 12.0 Å². The van der Waals surface area contributed by atoms with E-state index in [4.69, 9.17) is 5.11 Å². The van der Waals surface area contributed by atoms with E-state index in [2.05, 4.69) is 10.2 Å². The number of aromatic amines is 1. The Morgan fingerprint density at radius 1 is 1.61 bits per heavy atom. The van der Waals surface area contributed by atoms with Crippen molar-refractivity contribution < 1.29 is 9.90 Å². The van der Waals surface area contributed by atoms with E-state index in [-0.39, 0.29) is 16.2 Å². The second-order valence-corrected chi connectivity index (χ2v) is 6.54. The lowest BCUT2D eigenvalue weighted by Gasteiger charge is -2.40. The van der Waals surface area contributed by atoms with Crippen molar-refractivity contribution in [3.05, 3.63) is 10.5 Å². The van der Waals surface area contributed by atoms with Gasteiger partial charge in [-0.2, -0.15) is 11.8 Å². The Kier molecular flexibility index (Phi) is 4.06. The Bertz CT molecular complexity index is 487. The summed E-state index contributed by atoms with van der Waals surface area (Å²) in [7, 11) is 0. The highest BCUT2D eigenvalue weighted by atomic mass is 32.2. The second kappa shape index (κ2) is 5.40. The fourth-order valence-electron chi connectivity index (χ4n) is 1.97. The van der Waals surface area contributed by atoms with Gasteiger partial charge in [0.2, 0.25) is 0 Å². The molecule has 1 aromatic rings. The van der Waals surface area contributed by atoms with Gasteiger partial charge in [0, 0.05) is 11.3 Å². The molecule has 0 aliphatic heterocycles. The van der Waals surface area contributed by atoms with Crippen LogP contribution in [0.15, 0.2) is 9.95 Å². The van der Waals surface area contributed by atoms with Gasteiger partial charge in [-0.15, -0.1) is 5.10 Å². The summed E-state index contributed by atoms with van der Waals surface area (Å²) < 4.78 is 1.68. The maximum Gasteiger partial charge on any atom is 0.344 e. The van der Waals surface area contributed by atoms with Crippen molar-refractivity contribution >= 4 is 29.5 Å². The van der Waals surface area contributed by atoms with Gasteiger partial charge in [-0.3, -0.25) is 9.36 Å². The number of H-pyrrole nitrogens is 1. The number of aliphatic carboxylic acids is 1. The van der Waals surface area contributed by atoms with Crippen molar-refractivity contribution in [2.24, 2.45) is 0 Å². The van der Waals surface area contributed by atoms with E-state index in [1.165, 1.54) is 6.42 Å². The third-order valence-corrected chi connectivity index (χ3v) is 5.56. The van der Waals surface area contributed by atoms with Crippen LogP contribution < -0.4 is 5.69 Å². The number of carboxylic acid groups (broad SMARTS) is 1. The number of carboxylic acids is 1. The number of aromatic nitrogens is 3. The Labute approximate surface area is 113 Å². The summed E-state index contributed by atoms with van der Waals surface area (Å²) in [6.07, 6.45) is 5.42. The van der Waals surface area contributed by atoms with Gasteiger partial charge in [-0.05, 0) is 19.1 Å². The van der Waals surface area contributed by atoms with Crippen LogP contribution >= 0.6 is 23.5 Å². The first-order valence-electron chi connectivity index (χ1n) is 5.61. The highest BCUT2D eigenvalue weighted by Gasteiger charge is 2.37. The van der Waals surface area contributed by atoms with Gasteiger partial charge in [0.25, 0.3) is 0 Å². The van der Waals surface area contributed by atoms with Crippen molar-refractivity contribution in [3.63, 3.8) is 0 Å². The van der Waals surface area contributed by atoms with E-state index in [1.807, 2.05) is 6.26 Å². The highest BCUT2D eigenvalue weighted by Crippen LogP contribution is 2.44. The predicted molar refractivity (Wildman–Crippen MR) is 71.3 cm³/mol. The molecule has 1 fully saturated rings. The molecule has 8 heteroatoms.